The maximum Gasteiger partial charge on any atom is 0.117 e. The van der Waals surface area contributed by atoms with E-state index >= 15 is 0 Å². The molecule has 1 aromatic carbocycles. The second-order valence-corrected chi connectivity index (χ2v) is 4.99. The van der Waals surface area contributed by atoms with E-state index in [9.17, 15) is 0 Å². The molecule has 17 heavy (non-hydrogen) atoms. The zero-order chi connectivity index (χ0) is 11.7. The van der Waals surface area contributed by atoms with E-state index in [1.807, 2.05) is 58.9 Å². The molecule has 0 fully saturated rings. The molecule has 0 spiro atoms. The van der Waals surface area contributed by atoms with E-state index in [2.05, 4.69) is 5.10 Å². The molecule has 3 rings (SSSR count). The zero-order valence-electron chi connectivity index (χ0n) is 8.88. The van der Waals surface area contributed by atoms with E-state index in [0.29, 0.717) is 0 Å². The van der Waals surface area contributed by atoms with Gasteiger partial charge in [0.25, 0.3) is 0 Å². The Hall–Kier alpha value is -1.58. The number of thiophene rings is 1. The van der Waals surface area contributed by atoms with Crippen molar-refractivity contribution < 1.29 is 0 Å². The van der Waals surface area contributed by atoms with E-state index in [4.69, 9.17) is 11.6 Å². The molecule has 0 amide bonds. The molecule has 2 aromatic heterocycles. The average molecular weight is 261 g/mol. The van der Waals surface area contributed by atoms with Crippen molar-refractivity contribution in [2.24, 2.45) is 0 Å². The molecule has 2 heterocycles. The van der Waals surface area contributed by atoms with Gasteiger partial charge in [0.15, 0.2) is 0 Å². The highest BCUT2D eigenvalue weighted by atomic mass is 35.5. The van der Waals surface area contributed by atoms with Crippen molar-refractivity contribution in [1.82, 2.24) is 9.78 Å². The van der Waals surface area contributed by atoms with Crippen LogP contribution in [0.1, 0.15) is 0 Å². The first-order valence-electron chi connectivity index (χ1n) is 5.17. The van der Waals surface area contributed by atoms with Crippen molar-refractivity contribution in [3.8, 4) is 16.1 Å². The molecule has 3 aromatic rings. The summed E-state index contributed by atoms with van der Waals surface area (Å²) in [6.07, 6.45) is 3.89. The first-order chi connectivity index (χ1) is 8.33. The molecule has 0 unspecified atom stereocenters. The van der Waals surface area contributed by atoms with Gasteiger partial charge in [-0.3, -0.25) is 0 Å². The Balaban J connectivity index is 1.98. The van der Waals surface area contributed by atoms with Gasteiger partial charge in [0.1, 0.15) is 5.00 Å². The molecule has 0 aliphatic carbocycles. The van der Waals surface area contributed by atoms with Crippen molar-refractivity contribution in [1.29, 1.82) is 0 Å². The van der Waals surface area contributed by atoms with Gasteiger partial charge < -0.3 is 0 Å². The minimum atomic E-state index is 0.749. The normalized spacial score (nSPS) is 10.6. The number of hydrogen-bond donors (Lipinski definition) is 0. The Kier molecular flexibility index (Phi) is 2.71. The van der Waals surface area contributed by atoms with E-state index in [1.165, 1.54) is 0 Å². The third kappa shape index (κ3) is 2.12. The average Bonchev–Trinajstić information content (AvgIpc) is 3.00. The number of nitrogens with zero attached hydrogens (tertiary/aromatic N) is 2. The van der Waals surface area contributed by atoms with Gasteiger partial charge in [0.2, 0.25) is 0 Å². The van der Waals surface area contributed by atoms with Crippen LogP contribution in [0, 0.1) is 0 Å². The molecule has 0 bridgehead atoms. The first kappa shape index (κ1) is 10.6. The lowest BCUT2D eigenvalue weighted by atomic mass is 10.1. The summed E-state index contributed by atoms with van der Waals surface area (Å²) in [5, 5.41) is 8.26. The summed E-state index contributed by atoms with van der Waals surface area (Å²) in [6, 6.07) is 11.8. The maximum absolute atomic E-state index is 5.87. The van der Waals surface area contributed by atoms with E-state index in [0.717, 1.165) is 21.2 Å². The van der Waals surface area contributed by atoms with Crippen LogP contribution in [0.2, 0.25) is 5.02 Å². The summed E-state index contributed by atoms with van der Waals surface area (Å²) in [5.74, 6) is 0. The summed E-state index contributed by atoms with van der Waals surface area (Å²) < 4.78 is 1.88. The van der Waals surface area contributed by atoms with Crippen molar-refractivity contribution in [3.63, 3.8) is 0 Å². The van der Waals surface area contributed by atoms with Crippen LogP contribution in [0.25, 0.3) is 16.1 Å². The smallest absolute Gasteiger partial charge is 0.117 e. The Morgan fingerprint density at radius 3 is 2.59 bits per heavy atom. The summed E-state index contributed by atoms with van der Waals surface area (Å²) in [7, 11) is 0. The maximum atomic E-state index is 5.87. The topological polar surface area (TPSA) is 17.8 Å². The Bertz CT molecular complexity index is 611. The highest BCUT2D eigenvalue weighted by Crippen LogP contribution is 2.23. The highest BCUT2D eigenvalue weighted by molar-refractivity contribution is 7.12. The van der Waals surface area contributed by atoms with E-state index in [-0.39, 0.29) is 0 Å². The van der Waals surface area contributed by atoms with Crippen molar-refractivity contribution >= 4 is 22.9 Å². The van der Waals surface area contributed by atoms with Crippen LogP contribution < -0.4 is 0 Å². The summed E-state index contributed by atoms with van der Waals surface area (Å²) in [5.41, 5.74) is 2.22. The number of rotatable bonds is 2. The molecule has 0 aliphatic rings. The molecular formula is C13H9ClN2S. The predicted octanol–water partition coefficient (Wildman–Crippen LogP) is 4.25. The lowest BCUT2D eigenvalue weighted by Crippen LogP contribution is -1.88. The minimum absolute atomic E-state index is 0.749. The van der Waals surface area contributed by atoms with Crippen LogP contribution >= 0.6 is 22.9 Å². The summed E-state index contributed by atoms with van der Waals surface area (Å²) >= 11 is 7.53. The van der Waals surface area contributed by atoms with Gasteiger partial charge in [-0.25, -0.2) is 4.68 Å². The van der Waals surface area contributed by atoms with Gasteiger partial charge in [-0.15, -0.1) is 11.3 Å². The van der Waals surface area contributed by atoms with Crippen LogP contribution in [-0.4, -0.2) is 9.78 Å². The molecule has 0 atom stereocenters. The number of halogens is 1. The lowest BCUT2D eigenvalue weighted by Gasteiger charge is -1.97. The quantitative estimate of drug-likeness (QED) is 0.673. The molecule has 0 saturated carbocycles. The zero-order valence-corrected chi connectivity index (χ0v) is 10.4. The number of hydrogen-bond acceptors (Lipinski definition) is 2. The second kappa shape index (κ2) is 4.35. The third-order valence-corrected chi connectivity index (χ3v) is 3.60. The summed E-state index contributed by atoms with van der Waals surface area (Å²) in [6.45, 7) is 0. The third-order valence-electron chi connectivity index (χ3n) is 2.49. The first-order valence-corrected chi connectivity index (χ1v) is 6.43. The minimum Gasteiger partial charge on any atom is -0.230 e. The SMILES string of the molecule is Clc1ccc(-c2cnn(-c3cccs3)c2)cc1. The number of benzene rings is 1. The highest BCUT2D eigenvalue weighted by Gasteiger charge is 2.03. The molecule has 0 aliphatic heterocycles. The molecule has 84 valence electrons. The van der Waals surface area contributed by atoms with Gasteiger partial charge in [-0.1, -0.05) is 23.7 Å². The fraction of sp³-hybridized carbons (Fsp3) is 0. The Morgan fingerprint density at radius 2 is 1.88 bits per heavy atom. The molecule has 4 heteroatoms. The number of aromatic nitrogens is 2. The molecular weight excluding hydrogens is 252 g/mol. The van der Waals surface area contributed by atoms with Gasteiger partial charge >= 0.3 is 0 Å². The Labute approximate surface area is 108 Å². The molecule has 2 nitrogen and oxygen atoms in total. The van der Waals surface area contributed by atoms with Gasteiger partial charge in [0.05, 0.1) is 6.20 Å². The van der Waals surface area contributed by atoms with E-state index < -0.39 is 0 Å². The molecule has 0 saturated heterocycles. The van der Waals surface area contributed by atoms with Crippen LogP contribution in [0.5, 0.6) is 0 Å². The van der Waals surface area contributed by atoms with Crippen molar-refractivity contribution in [2.45, 2.75) is 0 Å². The second-order valence-electron chi connectivity index (χ2n) is 3.63. The fourth-order valence-corrected chi connectivity index (χ4v) is 2.42. The van der Waals surface area contributed by atoms with Gasteiger partial charge in [-0.05, 0) is 35.2 Å². The molecule has 0 radical (unpaired) electrons. The standard InChI is InChI=1S/C13H9ClN2S/c14-12-5-3-10(4-6-12)11-8-15-16(9-11)13-2-1-7-17-13/h1-9H. The van der Waals surface area contributed by atoms with Gasteiger partial charge in [-0.2, -0.15) is 5.10 Å². The van der Waals surface area contributed by atoms with Crippen molar-refractivity contribution in [3.05, 3.63) is 59.2 Å². The Morgan fingerprint density at radius 1 is 1.06 bits per heavy atom. The van der Waals surface area contributed by atoms with Crippen LogP contribution in [0.4, 0.5) is 0 Å². The van der Waals surface area contributed by atoms with Crippen molar-refractivity contribution in [2.75, 3.05) is 0 Å². The largest absolute Gasteiger partial charge is 0.230 e. The van der Waals surface area contributed by atoms with Crippen LogP contribution in [0.3, 0.4) is 0 Å². The fourth-order valence-electron chi connectivity index (χ4n) is 1.63. The predicted molar refractivity (Wildman–Crippen MR) is 71.9 cm³/mol. The van der Waals surface area contributed by atoms with Crippen LogP contribution in [0.15, 0.2) is 54.2 Å². The lowest BCUT2D eigenvalue weighted by molar-refractivity contribution is 0.898. The monoisotopic (exact) mass is 260 g/mol. The van der Waals surface area contributed by atoms with Gasteiger partial charge in [0, 0.05) is 16.8 Å². The summed E-state index contributed by atoms with van der Waals surface area (Å²) in [4.78, 5) is 0. The van der Waals surface area contributed by atoms with Crippen LogP contribution in [-0.2, 0) is 0 Å². The van der Waals surface area contributed by atoms with E-state index in [1.54, 1.807) is 11.3 Å². The molecule has 0 N–H and O–H groups in total.